The third-order valence-corrected chi connectivity index (χ3v) is 6.38. The van der Waals surface area contributed by atoms with Crippen LogP contribution in [0.15, 0.2) is 48.5 Å². The van der Waals surface area contributed by atoms with Crippen LogP contribution >= 0.6 is 11.6 Å². The molecule has 7 heteroatoms. The topological polar surface area (TPSA) is 58.4 Å². The van der Waals surface area contributed by atoms with Gasteiger partial charge in [-0.1, -0.05) is 51.4 Å². The Balaban J connectivity index is 1.65. The number of halogens is 1. The van der Waals surface area contributed by atoms with Crippen LogP contribution in [0.25, 0.3) is 11.0 Å². The standard InChI is InChI=1S/C27H33ClN4O2/c1-18(2)14-30(15-19(3)4)26(34)17-32-24-8-6-5-7-23(24)29-27(32)20-13-25(33)31(16-20)22-11-9-21(28)10-12-22/h5-12,18-20H,13-17H2,1-4H3. The highest BCUT2D eigenvalue weighted by molar-refractivity contribution is 6.30. The number of para-hydroxylation sites is 2. The molecular formula is C27H33ClN4O2. The first-order valence-electron chi connectivity index (χ1n) is 12.0. The molecule has 0 N–H and O–H groups in total. The van der Waals surface area contributed by atoms with Crippen molar-refractivity contribution in [1.29, 1.82) is 0 Å². The van der Waals surface area contributed by atoms with Crippen molar-refractivity contribution in [2.75, 3.05) is 24.5 Å². The van der Waals surface area contributed by atoms with Crippen LogP contribution in [-0.2, 0) is 16.1 Å². The summed E-state index contributed by atoms with van der Waals surface area (Å²) in [6, 6.07) is 15.2. The Labute approximate surface area is 206 Å². The molecule has 1 aliphatic heterocycles. The number of hydrogen-bond donors (Lipinski definition) is 0. The van der Waals surface area contributed by atoms with Crippen molar-refractivity contribution in [2.45, 2.75) is 46.6 Å². The molecular weight excluding hydrogens is 448 g/mol. The lowest BCUT2D eigenvalue weighted by Gasteiger charge is -2.27. The van der Waals surface area contributed by atoms with Crippen LogP contribution < -0.4 is 4.90 Å². The lowest BCUT2D eigenvalue weighted by Crippen LogP contribution is -2.39. The van der Waals surface area contributed by atoms with E-state index in [0.717, 1.165) is 35.6 Å². The maximum Gasteiger partial charge on any atom is 0.242 e. The monoisotopic (exact) mass is 480 g/mol. The third-order valence-electron chi connectivity index (χ3n) is 6.13. The van der Waals surface area contributed by atoms with Crippen molar-refractivity contribution >= 4 is 40.1 Å². The minimum Gasteiger partial charge on any atom is -0.341 e. The number of rotatable bonds is 8. The molecule has 1 aromatic heterocycles. The number of imidazole rings is 1. The zero-order chi connectivity index (χ0) is 24.4. The molecule has 1 aliphatic rings. The molecule has 1 atom stereocenters. The molecule has 1 unspecified atom stereocenters. The summed E-state index contributed by atoms with van der Waals surface area (Å²) >= 11 is 6.03. The quantitative estimate of drug-likeness (QED) is 0.436. The molecule has 4 rings (SSSR count). The fourth-order valence-corrected chi connectivity index (χ4v) is 4.84. The zero-order valence-corrected chi connectivity index (χ0v) is 21.1. The number of nitrogens with zero attached hydrogens (tertiary/aromatic N) is 4. The summed E-state index contributed by atoms with van der Waals surface area (Å²) in [5.41, 5.74) is 2.61. The Morgan fingerprint density at radius 1 is 1.06 bits per heavy atom. The highest BCUT2D eigenvalue weighted by atomic mass is 35.5. The fraction of sp³-hybridized carbons (Fsp3) is 0.444. The van der Waals surface area contributed by atoms with E-state index < -0.39 is 0 Å². The molecule has 180 valence electrons. The van der Waals surface area contributed by atoms with Gasteiger partial charge >= 0.3 is 0 Å². The minimum atomic E-state index is -0.0907. The van der Waals surface area contributed by atoms with Gasteiger partial charge in [-0.15, -0.1) is 0 Å². The summed E-state index contributed by atoms with van der Waals surface area (Å²) in [6.45, 7) is 10.7. The number of hydrogen-bond acceptors (Lipinski definition) is 3. The molecule has 2 amide bonds. The van der Waals surface area contributed by atoms with E-state index in [-0.39, 0.29) is 24.3 Å². The van der Waals surface area contributed by atoms with Crippen LogP contribution in [-0.4, -0.2) is 45.9 Å². The van der Waals surface area contributed by atoms with Crippen molar-refractivity contribution in [2.24, 2.45) is 11.8 Å². The lowest BCUT2D eigenvalue weighted by molar-refractivity contribution is -0.132. The van der Waals surface area contributed by atoms with Gasteiger partial charge in [-0.05, 0) is 48.2 Å². The molecule has 1 saturated heterocycles. The van der Waals surface area contributed by atoms with Crippen molar-refractivity contribution in [3.8, 4) is 0 Å². The number of amides is 2. The number of carbonyl (C=O) groups excluding carboxylic acids is 2. The van der Waals surface area contributed by atoms with Gasteiger partial charge in [0, 0.05) is 42.7 Å². The van der Waals surface area contributed by atoms with Gasteiger partial charge < -0.3 is 14.4 Å². The molecule has 3 aromatic rings. The first kappa shape index (κ1) is 24.3. The Hall–Kier alpha value is -2.86. The Morgan fingerprint density at radius 3 is 2.35 bits per heavy atom. The predicted octanol–water partition coefficient (Wildman–Crippen LogP) is 5.35. The number of aromatic nitrogens is 2. The van der Waals surface area contributed by atoms with Gasteiger partial charge in [0.05, 0.1) is 11.0 Å². The van der Waals surface area contributed by atoms with Crippen molar-refractivity contribution < 1.29 is 9.59 Å². The molecule has 2 aromatic carbocycles. The van der Waals surface area contributed by atoms with Crippen molar-refractivity contribution in [3.05, 3.63) is 59.4 Å². The molecule has 0 aliphatic carbocycles. The lowest BCUT2D eigenvalue weighted by atomic mass is 10.1. The average Bonchev–Trinajstić information content (AvgIpc) is 3.34. The summed E-state index contributed by atoms with van der Waals surface area (Å²) < 4.78 is 2.02. The average molecular weight is 481 g/mol. The molecule has 6 nitrogen and oxygen atoms in total. The highest BCUT2D eigenvalue weighted by Crippen LogP contribution is 2.33. The van der Waals surface area contributed by atoms with E-state index in [1.165, 1.54) is 0 Å². The second-order valence-corrected chi connectivity index (χ2v) is 10.4. The number of fused-ring (bicyclic) bond motifs is 1. The van der Waals surface area contributed by atoms with Gasteiger partial charge in [0.2, 0.25) is 11.8 Å². The van der Waals surface area contributed by atoms with Gasteiger partial charge in [0.15, 0.2) is 0 Å². The van der Waals surface area contributed by atoms with Crippen LogP contribution in [0.3, 0.4) is 0 Å². The largest absolute Gasteiger partial charge is 0.341 e. The summed E-state index contributed by atoms with van der Waals surface area (Å²) in [4.78, 5) is 35.0. The third kappa shape index (κ3) is 5.27. The molecule has 0 radical (unpaired) electrons. The number of anilines is 1. The summed E-state index contributed by atoms with van der Waals surface area (Å²) in [6.07, 6.45) is 0.363. The molecule has 0 saturated carbocycles. The highest BCUT2D eigenvalue weighted by Gasteiger charge is 2.35. The molecule has 0 spiro atoms. The van der Waals surface area contributed by atoms with Gasteiger partial charge in [0.1, 0.15) is 12.4 Å². The van der Waals surface area contributed by atoms with Gasteiger partial charge in [0.25, 0.3) is 0 Å². The van der Waals surface area contributed by atoms with Gasteiger partial charge in [-0.25, -0.2) is 4.98 Å². The Kier molecular flexibility index (Phi) is 7.27. The van der Waals surface area contributed by atoms with Gasteiger partial charge in [-0.2, -0.15) is 0 Å². The van der Waals surface area contributed by atoms with E-state index in [1.807, 2.05) is 45.9 Å². The predicted molar refractivity (Wildman–Crippen MR) is 137 cm³/mol. The second kappa shape index (κ2) is 10.2. The Bertz CT molecular complexity index is 1160. The van der Waals surface area contributed by atoms with Crippen LogP contribution in [0, 0.1) is 11.8 Å². The van der Waals surface area contributed by atoms with Crippen LogP contribution in [0.2, 0.25) is 5.02 Å². The number of carbonyl (C=O) groups is 2. The van der Waals surface area contributed by atoms with Crippen molar-refractivity contribution in [3.63, 3.8) is 0 Å². The fourth-order valence-electron chi connectivity index (χ4n) is 4.72. The zero-order valence-electron chi connectivity index (χ0n) is 20.4. The summed E-state index contributed by atoms with van der Waals surface area (Å²) in [5.74, 6) is 1.63. The first-order valence-corrected chi connectivity index (χ1v) is 12.4. The van der Waals surface area contributed by atoms with E-state index in [4.69, 9.17) is 16.6 Å². The van der Waals surface area contributed by atoms with E-state index in [2.05, 4.69) is 27.7 Å². The Morgan fingerprint density at radius 2 is 1.71 bits per heavy atom. The molecule has 1 fully saturated rings. The maximum absolute atomic E-state index is 13.5. The molecule has 0 bridgehead atoms. The van der Waals surface area contributed by atoms with Crippen LogP contribution in [0.4, 0.5) is 5.69 Å². The van der Waals surface area contributed by atoms with Crippen molar-refractivity contribution in [1.82, 2.24) is 14.5 Å². The van der Waals surface area contributed by atoms with E-state index in [1.54, 1.807) is 17.0 Å². The SMILES string of the molecule is CC(C)CN(CC(C)C)C(=O)Cn1c(C2CC(=O)N(c3ccc(Cl)cc3)C2)nc2ccccc21. The smallest absolute Gasteiger partial charge is 0.242 e. The summed E-state index contributed by atoms with van der Waals surface area (Å²) in [7, 11) is 0. The van der Waals surface area contributed by atoms with E-state index in [0.29, 0.717) is 29.8 Å². The van der Waals surface area contributed by atoms with Gasteiger partial charge in [-0.3, -0.25) is 9.59 Å². The van der Waals surface area contributed by atoms with Crippen LogP contribution in [0.1, 0.15) is 45.9 Å². The maximum atomic E-state index is 13.5. The van der Waals surface area contributed by atoms with Crippen LogP contribution in [0.5, 0.6) is 0 Å². The van der Waals surface area contributed by atoms with E-state index in [9.17, 15) is 9.59 Å². The first-order chi connectivity index (χ1) is 16.2. The van der Waals surface area contributed by atoms with E-state index >= 15 is 0 Å². The number of benzene rings is 2. The second-order valence-electron chi connectivity index (χ2n) is 10.0. The molecule has 34 heavy (non-hydrogen) atoms. The minimum absolute atomic E-state index is 0.0542. The normalized spacial score (nSPS) is 16.3. The molecule has 2 heterocycles. The summed E-state index contributed by atoms with van der Waals surface area (Å²) in [5, 5.41) is 0.639.